The summed E-state index contributed by atoms with van der Waals surface area (Å²) < 4.78 is 11.5. The molecule has 0 spiro atoms. The molecule has 0 radical (unpaired) electrons. The third-order valence-corrected chi connectivity index (χ3v) is 7.49. The van der Waals surface area contributed by atoms with E-state index in [0.717, 1.165) is 25.1 Å². The van der Waals surface area contributed by atoms with E-state index in [1.54, 1.807) is 17.0 Å². The van der Waals surface area contributed by atoms with Crippen LogP contribution in [-0.2, 0) is 4.74 Å². The van der Waals surface area contributed by atoms with Gasteiger partial charge in [-0.2, -0.15) is 0 Å². The monoisotopic (exact) mass is 534 g/mol. The van der Waals surface area contributed by atoms with Crippen molar-refractivity contribution in [1.29, 1.82) is 0 Å². The van der Waals surface area contributed by atoms with Crippen LogP contribution < -0.4 is 4.74 Å². The normalized spacial score (nSPS) is 20.5. The van der Waals surface area contributed by atoms with Gasteiger partial charge in [0.15, 0.2) is 0 Å². The zero-order chi connectivity index (χ0) is 27.6. The highest BCUT2D eigenvalue weighted by atomic mass is 16.6. The molecule has 5 rings (SSSR count). The number of amides is 3. The Bertz CT molecular complexity index is 1170. The van der Waals surface area contributed by atoms with E-state index in [9.17, 15) is 14.4 Å². The maximum atomic E-state index is 13.0. The lowest BCUT2D eigenvalue weighted by Crippen LogP contribution is -2.64. The molecule has 9 heteroatoms. The highest BCUT2D eigenvalue weighted by Crippen LogP contribution is 2.24. The number of carbonyl (C=O) groups excluding carboxylic acids is 3. The molecule has 3 saturated heterocycles. The van der Waals surface area contributed by atoms with Crippen molar-refractivity contribution in [2.24, 2.45) is 0 Å². The third-order valence-electron chi connectivity index (χ3n) is 7.49. The first kappa shape index (κ1) is 27.0. The van der Waals surface area contributed by atoms with Gasteiger partial charge >= 0.3 is 6.09 Å². The molecular formula is C30H38N4O5. The Balaban J connectivity index is 1.04. The molecule has 2 aromatic rings. The van der Waals surface area contributed by atoms with Crippen molar-refractivity contribution in [3.05, 3.63) is 65.7 Å². The van der Waals surface area contributed by atoms with Crippen LogP contribution in [0.1, 0.15) is 47.9 Å². The minimum atomic E-state index is -0.521. The van der Waals surface area contributed by atoms with Crippen molar-refractivity contribution >= 4 is 17.9 Å². The maximum absolute atomic E-state index is 13.0. The van der Waals surface area contributed by atoms with E-state index in [2.05, 4.69) is 4.90 Å². The summed E-state index contributed by atoms with van der Waals surface area (Å²) in [5, 5.41) is 0. The van der Waals surface area contributed by atoms with E-state index in [4.69, 9.17) is 9.47 Å². The Kier molecular flexibility index (Phi) is 7.79. The number of nitrogens with zero attached hydrogens (tertiary/aromatic N) is 4. The van der Waals surface area contributed by atoms with Gasteiger partial charge in [0.25, 0.3) is 11.8 Å². The molecular weight excluding hydrogens is 496 g/mol. The molecule has 3 aliphatic rings. The first-order chi connectivity index (χ1) is 18.7. The number of benzene rings is 2. The molecule has 39 heavy (non-hydrogen) atoms. The Labute approximate surface area is 230 Å². The first-order valence-corrected chi connectivity index (χ1v) is 13.8. The summed E-state index contributed by atoms with van der Waals surface area (Å²) in [5.74, 6) is 0.793. The second-order valence-electron chi connectivity index (χ2n) is 11.5. The minimum Gasteiger partial charge on any atom is -0.489 e. The average molecular weight is 535 g/mol. The molecule has 3 fully saturated rings. The number of rotatable bonds is 5. The van der Waals surface area contributed by atoms with Crippen LogP contribution in [0.2, 0.25) is 0 Å². The summed E-state index contributed by atoms with van der Waals surface area (Å²) in [7, 11) is 0. The number of carbonyl (C=O) groups is 3. The lowest BCUT2D eigenvalue weighted by Gasteiger charge is -2.48. The van der Waals surface area contributed by atoms with Crippen LogP contribution in [0.25, 0.3) is 0 Å². The molecule has 1 atom stereocenters. The molecule has 0 unspecified atom stereocenters. The Morgan fingerprint density at radius 2 is 1.33 bits per heavy atom. The van der Waals surface area contributed by atoms with Crippen molar-refractivity contribution < 1.29 is 23.9 Å². The van der Waals surface area contributed by atoms with E-state index in [-0.39, 0.29) is 24.0 Å². The number of hydrogen-bond donors (Lipinski definition) is 0. The fourth-order valence-electron chi connectivity index (χ4n) is 5.27. The quantitative estimate of drug-likeness (QED) is 0.585. The zero-order valence-electron chi connectivity index (χ0n) is 23.0. The molecule has 0 saturated carbocycles. The average Bonchev–Trinajstić information content (AvgIpc) is 3.36. The molecule has 0 aliphatic carbocycles. The molecule has 3 aliphatic heterocycles. The SMILES string of the molecule is CC(C)(C)OC(=O)N1CC[C@@H](Oc2ccc(C(=O)N3CC(N4CCN(C(=O)c5ccccc5)CC4)C3)cc2)C1. The molecule has 208 valence electrons. The summed E-state index contributed by atoms with van der Waals surface area (Å²) in [6, 6.07) is 17.0. The van der Waals surface area contributed by atoms with Gasteiger partial charge in [-0.1, -0.05) is 18.2 Å². The summed E-state index contributed by atoms with van der Waals surface area (Å²) in [6.45, 7) is 11.1. The summed E-state index contributed by atoms with van der Waals surface area (Å²) >= 11 is 0. The van der Waals surface area contributed by atoms with E-state index in [1.807, 2.05) is 73.0 Å². The molecule has 9 nitrogen and oxygen atoms in total. The van der Waals surface area contributed by atoms with Crippen molar-refractivity contribution in [1.82, 2.24) is 19.6 Å². The first-order valence-electron chi connectivity index (χ1n) is 13.8. The van der Waals surface area contributed by atoms with E-state index in [0.29, 0.717) is 56.6 Å². The van der Waals surface area contributed by atoms with Crippen LogP contribution >= 0.6 is 0 Å². The Morgan fingerprint density at radius 1 is 0.718 bits per heavy atom. The van der Waals surface area contributed by atoms with Gasteiger partial charge in [0.1, 0.15) is 17.5 Å². The maximum Gasteiger partial charge on any atom is 0.410 e. The summed E-state index contributed by atoms with van der Waals surface area (Å²) in [4.78, 5) is 45.8. The van der Waals surface area contributed by atoms with Gasteiger partial charge in [0.2, 0.25) is 0 Å². The summed E-state index contributed by atoms with van der Waals surface area (Å²) in [6.07, 6.45) is 0.327. The predicted octanol–water partition coefficient (Wildman–Crippen LogP) is 3.36. The summed E-state index contributed by atoms with van der Waals surface area (Å²) in [5.41, 5.74) is 0.849. The Morgan fingerprint density at radius 3 is 1.97 bits per heavy atom. The van der Waals surface area contributed by atoms with Crippen LogP contribution in [0.4, 0.5) is 4.79 Å². The highest BCUT2D eigenvalue weighted by Gasteiger charge is 2.37. The fourth-order valence-corrected chi connectivity index (χ4v) is 5.27. The standard InChI is InChI=1S/C30H38N4O5/c1-30(2,3)39-29(37)33-14-13-26(21-33)38-25-11-9-23(10-12-25)28(36)34-19-24(20-34)31-15-17-32(18-16-31)27(35)22-7-5-4-6-8-22/h4-12,24,26H,13-21H2,1-3H3/t26-/m1/s1. The van der Waals surface area contributed by atoms with Crippen LogP contribution in [0.15, 0.2) is 54.6 Å². The number of hydrogen-bond acceptors (Lipinski definition) is 6. The molecule has 0 N–H and O–H groups in total. The van der Waals surface area contributed by atoms with Crippen molar-refractivity contribution in [3.63, 3.8) is 0 Å². The van der Waals surface area contributed by atoms with Gasteiger partial charge in [-0.25, -0.2) is 4.79 Å². The van der Waals surface area contributed by atoms with Gasteiger partial charge < -0.3 is 24.2 Å². The third kappa shape index (κ3) is 6.53. The number of ether oxygens (including phenoxy) is 2. The second kappa shape index (κ2) is 11.3. The lowest BCUT2D eigenvalue weighted by atomic mass is 10.0. The fraction of sp³-hybridized carbons (Fsp3) is 0.500. The van der Waals surface area contributed by atoms with E-state index < -0.39 is 5.60 Å². The smallest absolute Gasteiger partial charge is 0.410 e. The second-order valence-corrected chi connectivity index (χ2v) is 11.5. The van der Waals surface area contributed by atoms with Crippen LogP contribution in [-0.4, -0.2) is 108 Å². The largest absolute Gasteiger partial charge is 0.489 e. The van der Waals surface area contributed by atoms with Gasteiger partial charge in [0.05, 0.1) is 6.54 Å². The zero-order valence-corrected chi connectivity index (χ0v) is 23.0. The Hall–Kier alpha value is -3.59. The molecule has 0 aromatic heterocycles. The topological polar surface area (TPSA) is 82.6 Å². The highest BCUT2D eigenvalue weighted by molar-refractivity contribution is 5.95. The van der Waals surface area contributed by atoms with Crippen molar-refractivity contribution in [3.8, 4) is 5.75 Å². The van der Waals surface area contributed by atoms with Crippen molar-refractivity contribution in [2.45, 2.75) is 44.9 Å². The molecule has 0 bridgehead atoms. The van der Waals surface area contributed by atoms with Gasteiger partial charge in [0, 0.05) is 69.4 Å². The van der Waals surface area contributed by atoms with Crippen LogP contribution in [0.5, 0.6) is 5.75 Å². The van der Waals surface area contributed by atoms with Crippen molar-refractivity contribution in [2.75, 3.05) is 52.4 Å². The molecule has 3 amide bonds. The predicted molar refractivity (Wildman–Crippen MR) is 147 cm³/mol. The molecule has 2 aromatic carbocycles. The minimum absolute atomic E-state index is 0.0210. The van der Waals surface area contributed by atoms with Gasteiger partial charge in [-0.3, -0.25) is 14.5 Å². The van der Waals surface area contributed by atoms with Crippen LogP contribution in [0, 0.1) is 0 Å². The number of likely N-dealkylation sites (tertiary alicyclic amines) is 2. The van der Waals surface area contributed by atoms with Gasteiger partial charge in [-0.05, 0) is 57.2 Å². The lowest BCUT2D eigenvalue weighted by molar-refractivity contribution is 0.00850. The van der Waals surface area contributed by atoms with E-state index >= 15 is 0 Å². The van der Waals surface area contributed by atoms with Crippen LogP contribution in [0.3, 0.4) is 0 Å². The number of piperazine rings is 1. The van der Waals surface area contributed by atoms with E-state index in [1.165, 1.54) is 0 Å². The molecule has 3 heterocycles. The van der Waals surface area contributed by atoms with Gasteiger partial charge in [-0.15, -0.1) is 0 Å².